The van der Waals surface area contributed by atoms with Crippen molar-refractivity contribution in [1.82, 2.24) is 4.57 Å². The van der Waals surface area contributed by atoms with E-state index in [1.54, 1.807) is 17.7 Å². The summed E-state index contributed by atoms with van der Waals surface area (Å²) in [7, 11) is 0. The van der Waals surface area contributed by atoms with Crippen LogP contribution < -0.4 is 5.49 Å². The zero-order valence-corrected chi connectivity index (χ0v) is 16.2. The molecule has 5 heteroatoms. The summed E-state index contributed by atoms with van der Waals surface area (Å²) in [6.07, 6.45) is 1.69. The van der Waals surface area contributed by atoms with Gasteiger partial charge in [-0.2, -0.15) is 0 Å². The maximum absolute atomic E-state index is 12.6. The number of hydrogen-bond acceptors (Lipinski definition) is 3. The van der Waals surface area contributed by atoms with Gasteiger partial charge in [-0.25, -0.2) is 4.79 Å². The number of esters is 1. The average Bonchev–Trinajstić information content (AvgIpc) is 2.65. The van der Waals surface area contributed by atoms with Crippen molar-refractivity contribution in [3.63, 3.8) is 0 Å². The van der Waals surface area contributed by atoms with Crippen molar-refractivity contribution in [1.29, 1.82) is 5.41 Å². The predicted octanol–water partition coefficient (Wildman–Crippen LogP) is 4.87. The molecule has 1 N–H and O–H groups in total. The van der Waals surface area contributed by atoms with Gasteiger partial charge in [-0.15, -0.1) is 0 Å². The molecule has 1 aromatic heterocycles. The summed E-state index contributed by atoms with van der Waals surface area (Å²) in [5, 5.41) is 8.62. The molecular weight excluding hydrogens is 392 g/mol. The summed E-state index contributed by atoms with van der Waals surface area (Å²) in [6.45, 7) is 3.95. The quantitative estimate of drug-likeness (QED) is 0.623. The van der Waals surface area contributed by atoms with Crippen LogP contribution in [0.2, 0.25) is 0 Å². The lowest BCUT2D eigenvalue weighted by molar-refractivity contribution is 0.0526. The van der Waals surface area contributed by atoms with E-state index >= 15 is 0 Å². The molecule has 3 rings (SSSR count). The second-order valence-corrected chi connectivity index (χ2v) is 6.74. The first-order valence-corrected chi connectivity index (χ1v) is 9.11. The second kappa shape index (κ2) is 7.70. The van der Waals surface area contributed by atoms with Crippen LogP contribution in [0.15, 0.2) is 65.3 Å². The first kappa shape index (κ1) is 18.1. The van der Waals surface area contributed by atoms with Crippen molar-refractivity contribution < 1.29 is 9.53 Å². The lowest BCUT2D eigenvalue weighted by Gasteiger charge is -2.17. The van der Waals surface area contributed by atoms with Gasteiger partial charge < -0.3 is 9.30 Å². The average molecular weight is 411 g/mol. The molecule has 0 aliphatic heterocycles. The van der Waals surface area contributed by atoms with E-state index in [1.807, 2.05) is 61.5 Å². The summed E-state index contributed by atoms with van der Waals surface area (Å²) in [6, 6.07) is 17.3. The van der Waals surface area contributed by atoms with Crippen LogP contribution in [-0.2, 0) is 4.74 Å². The molecular formula is C21H19BrN2O2. The zero-order chi connectivity index (χ0) is 18.7. The third-order valence-electron chi connectivity index (χ3n) is 4.16. The van der Waals surface area contributed by atoms with E-state index in [0.29, 0.717) is 17.7 Å². The molecule has 0 aliphatic rings. The predicted molar refractivity (Wildman–Crippen MR) is 105 cm³/mol. The Morgan fingerprint density at radius 2 is 1.77 bits per heavy atom. The van der Waals surface area contributed by atoms with E-state index in [2.05, 4.69) is 15.9 Å². The monoisotopic (exact) mass is 410 g/mol. The third-order valence-corrected chi connectivity index (χ3v) is 4.69. The lowest BCUT2D eigenvalue weighted by Crippen LogP contribution is -2.24. The molecule has 0 radical (unpaired) electrons. The first-order chi connectivity index (χ1) is 12.5. The molecule has 0 saturated heterocycles. The van der Waals surface area contributed by atoms with Crippen LogP contribution in [0.5, 0.6) is 0 Å². The minimum Gasteiger partial charge on any atom is -0.462 e. The van der Waals surface area contributed by atoms with Gasteiger partial charge in [-0.1, -0.05) is 46.3 Å². The molecule has 4 nitrogen and oxygen atoms in total. The highest BCUT2D eigenvalue weighted by atomic mass is 79.9. The van der Waals surface area contributed by atoms with Crippen molar-refractivity contribution in [2.24, 2.45) is 0 Å². The van der Waals surface area contributed by atoms with Crippen LogP contribution in [0.4, 0.5) is 0 Å². The van der Waals surface area contributed by atoms with Gasteiger partial charge in [0.2, 0.25) is 0 Å². The Hall–Kier alpha value is -2.66. The van der Waals surface area contributed by atoms with E-state index < -0.39 is 0 Å². The molecule has 0 unspecified atom stereocenters. The molecule has 0 saturated carbocycles. The number of nitrogens with zero attached hydrogens (tertiary/aromatic N) is 1. The maximum atomic E-state index is 12.6. The Kier molecular flexibility index (Phi) is 5.38. The highest BCUT2D eigenvalue weighted by Crippen LogP contribution is 2.27. The minimum atomic E-state index is -0.389. The second-order valence-electron chi connectivity index (χ2n) is 5.82. The summed E-state index contributed by atoms with van der Waals surface area (Å²) < 4.78 is 7.94. The molecule has 0 atom stereocenters. The van der Waals surface area contributed by atoms with Crippen molar-refractivity contribution in [2.45, 2.75) is 13.8 Å². The Labute approximate surface area is 160 Å². The highest BCUT2D eigenvalue weighted by Gasteiger charge is 2.19. The van der Waals surface area contributed by atoms with E-state index in [9.17, 15) is 4.79 Å². The number of hydrogen-bond donors (Lipinski definition) is 1. The van der Waals surface area contributed by atoms with Crippen LogP contribution in [0, 0.1) is 12.3 Å². The molecule has 132 valence electrons. The molecule has 0 fully saturated rings. The Bertz CT molecular complexity index is 993. The topological polar surface area (TPSA) is 55.1 Å². The molecule has 2 aromatic carbocycles. The van der Waals surface area contributed by atoms with Gasteiger partial charge in [-0.3, -0.25) is 5.41 Å². The van der Waals surface area contributed by atoms with Crippen molar-refractivity contribution in [3.05, 3.63) is 81.9 Å². The van der Waals surface area contributed by atoms with Gasteiger partial charge in [0.15, 0.2) is 0 Å². The number of carbonyl (C=O) groups excluding carboxylic acids is 1. The smallest absolute Gasteiger partial charge is 0.340 e. The Morgan fingerprint density at radius 1 is 1.12 bits per heavy atom. The lowest BCUT2D eigenvalue weighted by atomic mass is 9.96. The summed E-state index contributed by atoms with van der Waals surface area (Å²) in [5.74, 6) is -0.389. The van der Waals surface area contributed by atoms with Gasteiger partial charge in [0, 0.05) is 27.5 Å². The van der Waals surface area contributed by atoms with Crippen LogP contribution in [-0.4, -0.2) is 17.1 Å². The number of pyridine rings is 1. The fourth-order valence-corrected chi connectivity index (χ4v) is 3.17. The zero-order valence-electron chi connectivity index (χ0n) is 14.6. The summed E-state index contributed by atoms with van der Waals surface area (Å²) >= 11 is 3.42. The van der Waals surface area contributed by atoms with Gasteiger partial charge in [0.1, 0.15) is 5.49 Å². The van der Waals surface area contributed by atoms with Crippen molar-refractivity contribution >= 4 is 21.9 Å². The Morgan fingerprint density at radius 3 is 2.38 bits per heavy atom. The van der Waals surface area contributed by atoms with Crippen LogP contribution in [0.1, 0.15) is 22.8 Å². The number of ether oxygens (including phenoxy) is 1. The fraction of sp³-hybridized carbons (Fsp3) is 0.143. The van der Waals surface area contributed by atoms with Crippen LogP contribution >= 0.6 is 15.9 Å². The van der Waals surface area contributed by atoms with Gasteiger partial charge >= 0.3 is 5.97 Å². The molecule has 3 aromatic rings. The molecule has 0 aliphatic carbocycles. The normalized spacial score (nSPS) is 10.6. The number of aromatic nitrogens is 1. The number of rotatable bonds is 4. The first-order valence-electron chi connectivity index (χ1n) is 8.32. The number of nitrogens with one attached hydrogen (secondary N) is 1. The van der Waals surface area contributed by atoms with E-state index in [1.165, 1.54) is 0 Å². The largest absolute Gasteiger partial charge is 0.462 e. The van der Waals surface area contributed by atoms with Crippen molar-refractivity contribution in [2.75, 3.05) is 6.61 Å². The van der Waals surface area contributed by atoms with E-state index in [-0.39, 0.29) is 5.97 Å². The summed E-state index contributed by atoms with van der Waals surface area (Å²) in [4.78, 5) is 12.6. The number of carbonyl (C=O) groups is 1. The van der Waals surface area contributed by atoms with Gasteiger partial charge in [-0.05, 0) is 43.7 Å². The standard InChI is InChI=1S/C21H19BrN2O2/c1-3-26-21(25)18-13-24(17-11-9-16(22)10-12-17)20(23)14(2)19(18)15-7-5-4-6-8-15/h4-13,23H,3H2,1-2H3. The SMILES string of the molecule is CCOC(=O)c1cn(-c2ccc(Br)cc2)c(=N)c(C)c1-c1ccccc1. The van der Waals surface area contributed by atoms with Gasteiger partial charge in [0.25, 0.3) is 0 Å². The minimum absolute atomic E-state index is 0.299. The molecule has 0 bridgehead atoms. The van der Waals surface area contributed by atoms with E-state index in [0.717, 1.165) is 26.9 Å². The maximum Gasteiger partial charge on any atom is 0.340 e. The molecule has 0 spiro atoms. The summed E-state index contributed by atoms with van der Waals surface area (Å²) in [5.41, 5.74) is 3.96. The Balaban J connectivity index is 2.29. The van der Waals surface area contributed by atoms with Crippen LogP contribution in [0.3, 0.4) is 0 Å². The highest BCUT2D eigenvalue weighted by molar-refractivity contribution is 9.10. The van der Waals surface area contributed by atoms with Crippen molar-refractivity contribution in [3.8, 4) is 16.8 Å². The number of benzene rings is 2. The van der Waals surface area contributed by atoms with Crippen LogP contribution in [0.25, 0.3) is 16.8 Å². The molecule has 1 heterocycles. The third kappa shape index (κ3) is 3.48. The number of halogens is 1. The fourth-order valence-electron chi connectivity index (χ4n) is 2.91. The molecule has 0 amide bonds. The van der Waals surface area contributed by atoms with E-state index in [4.69, 9.17) is 10.1 Å². The van der Waals surface area contributed by atoms with Gasteiger partial charge in [0.05, 0.1) is 12.2 Å². The molecule has 26 heavy (non-hydrogen) atoms.